The fourth-order valence-corrected chi connectivity index (χ4v) is 3.92. The second-order valence-electron chi connectivity index (χ2n) is 6.63. The molecule has 1 atom stereocenters. The van der Waals surface area contributed by atoms with E-state index >= 15 is 0 Å². The Morgan fingerprint density at radius 2 is 1.88 bits per heavy atom. The molecule has 0 aromatic heterocycles. The fourth-order valence-electron chi connectivity index (χ4n) is 2.63. The normalized spacial score (nSPS) is 17.6. The minimum atomic E-state index is -0.857. The van der Waals surface area contributed by atoms with Crippen molar-refractivity contribution in [2.45, 2.75) is 30.7 Å². The molecule has 1 saturated heterocycles. The van der Waals surface area contributed by atoms with Crippen LogP contribution in [0.5, 0.6) is 0 Å². The van der Waals surface area contributed by atoms with Crippen LogP contribution in [0, 0.1) is 5.92 Å². The Bertz CT molecular complexity index is 693. The van der Waals surface area contributed by atoms with E-state index in [9.17, 15) is 14.4 Å². The minimum absolute atomic E-state index is 0.200. The van der Waals surface area contributed by atoms with Crippen LogP contribution >= 0.6 is 27.7 Å². The Morgan fingerprint density at radius 3 is 2.38 bits per heavy atom. The summed E-state index contributed by atoms with van der Waals surface area (Å²) < 4.78 is 5.88. The number of carbonyl (C=O) groups excluding carboxylic acids is 3. The number of methoxy groups -OCH3 is 1. The Kier molecular flexibility index (Phi) is 6.74. The van der Waals surface area contributed by atoms with E-state index in [-0.39, 0.29) is 24.5 Å². The van der Waals surface area contributed by atoms with Crippen LogP contribution in [0.25, 0.3) is 0 Å². The molecule has 1 aromatic rings. The fraction of sp³-hybridized carbons (Fsp3) is 0.500. The summed E-state index contributed by atoms with van der Waals surface area (Å²) in [6.45, 7) is 3.63. The van der Waals surface area contributed by atoms with Crippen molar-refractivity contribution in [3.8, 4) is 0 Å². The molecule has 1 aliphatic heterocycles. The van der Waals surface area contributed by atoms with Gasteiger partial charge >= 0.3 is 12.0 Å². The van der Waals surface area contributed by atoms with Crippen LogP contribution in [0.15, 0.2) is 33.6 Å². The van der Waals surface area contributed by atoms with Gasteiger partial charge in [0.2, 0.25) is 0 Å². The van der Waals surface area contributed by atoms with Gasteiger partial charge in [0.1, 0.15) is 5.54 Å². The van der Waals surface area contributed by atoms with Crippen LogP contribution in [-0.2, 0) is 14.3 Å². The summed E-state index contributed by atoms with van der Waals surface area (Å²) in [4.78, 5) is 40.5. The highest BCUT2D eigenvalue weighted by atomic mass is 79.9. The number of esters is 1. The molecule has 6 nitrogen and oxygen atoms in total. The summed E-state index contributed by atoms with van der Waals surface area (Å²) in [5, 5.41) is 0. The molecular formula is C18H23BrN2O4S. The number of hydrogen-bond acceptors (Lipinski definition) is 5. The Labute approximate surface area is 166 Å². The van der Waals surface area contributed by atoms with Crippen LogP contribution in [0.3, 0.4) is 0 Å². The predicted octanol–water partition coefficient (Wildman–Crippen LogP) is 3.39. The molecule has 1 aliphatic rings. The van der Waals surface area contributed by atoms with Crippen molar-refractivity contribution in [1.82, 2.24) is 9.80 Å². The predicted molar refractivity (Wildman–Crippen MR) is 104 cm³/mol. The van der Waals surface area contributed by atoms with Crippen molar-refractivity contribution < 1.29 is 19.1 Å². The van der Waals surface area contributed by atoms with Crippen molar-refractivity contribution in [2.75, 3.05) is 26.5 Å². The first-order valence-electron chi connectivity index (χ1n) is 8.24. The van der Waals surface area contributed by atoms with Gasteiger partial charge in [-0.3, -0.25) is 14.5 Å². The topological polar surface area (TPSA) is 66.9 Å². The number of ether oxygens (including phenoxy) is 1. The lowest BCUT2D eigenvalue weighted by atomic mass is 10.0. The molecule has 1 heterocycles. The van der Waals surface area contributed by atoms with Gasteiger partial charge in [0.15, 0.2) is 0 Å². The third-order valence-electron chi connectivity index (χ3n) is 4.63. The van der Waals surface area contributed by atoms with Crippen LogP contribution < -0.4 is 0 Å². The average molecular weight is 443 g/mol. The first-order chi connectivity index (χ1) is 12.2. The van der Waals surface area contributed by atoms with E-state index in [1.165, 1.54) is 16.9 Å². The summed E-state index contributed by atoms with van der Waals surface area (Å²) in [6, 6.07) is 7.48. The highest BCUT2D eigenvalue weighted by Gasteiger charge is 2.49. The number of likely N-dealkylation sites (N-methyl/N-ethyl adjacent to an activating group) is 1. The van der Waals surface area contributed by atoms with Crippen molar-refractivity contribution in [1.29, 1.82) is 0 Å². The minimum Gasteiger partial charge on any atom is -0.469 e. The van der Waals surface area contributed by atoms with Gasteiger partial charge in [-0.25, -0.2) is 4.79 Å². The van der Waals surface area contributed by atoms with Gasteiger partial charge in [-0.2, -0.15) is 0 Å². The van der Waals surface area contributed by atoms with Crippen molar-refractivity contribution >= 4 is 45.6 Å². The lowest BCUT2D eigenvalue weighted by molar-refractivity contribution is -0.145. The average Bonchev–Trinajstić information content (AvgIpc) is 2.76. The molecule has 1 aromatic carbocycles. The molecule has 0 radical (unpaired) electrons. The largest absolute Gasteiger partial charge is 0.469 e. The number of hydrogen-bond donors (Lipinski definition) is 0. The molecule has 8 heteroatoms. The van der Waals surface area contributed by atoms with E-state index in [1.54, 1.807) is 32.7 Å². The van der Waals surface area contributed by atoms with E-state index in [0.29, 0.717) is 12.2 Å². The van der Waals surface area contributed by atoms with E-state index in [0.717, 1.165) is 9.37 Å². The lowest BCUT2D eigenvalue weighted by Crippen LogP contribution is -2.41. The number of amides is 3. The summed E-state index contributed by atoms with van der Waals surface area (Å²) in [5.74, 6) is -0.456. The van der Waals surface area contributed by atoms with Gasteiger partial charge in [-0.05, 0) is 44.5 Å². The van der Waals surface area contributed by atoms with Gasteiger partial charge in [-0.1, -0.05) is 15.9 Å². The van der Waals surface area contributed by atoms with Crippen LogP contribution in [0.2, 0.25) is 0 Å². The van der Waals surface area contributed by atoms with E-state index < -0.39 is 11.5 Å². The highest BCUT2D eigenvalue weighted by Crippen LogP contribution is 2.28. The van der Waals surface area contributed by atoms with Crippen LogP contribution in [-0.4, -0.2) is 59.7 Å². The molecule has 0 N–H and O–H groups in total. The number of rotatable bonds is 7. The molecule has 1 fully saturated rings. The van der Waals surface area contributed by atoms with Crippen LogP contribution in [0.1, 0.15) is 20.3 Å². The first kappa shape index (κ1) is 20.8. The molecule has 0 spiro atoms. The third kappa shape index (κ3) is 4.40. The van der Waals surface area contributed by atoms with Gasteiger partial charge in [0.05, 0.1) is 13.0 Å². The summed E-state index contributed by atoms with van der Waals surface area (Å²) >= 11 is 4.94. The first-order valence-corrected chi connectivity index (χ1v) is 10.0. The van der Waals surface area contributed by atoms with Crippen LogP contribution in [0.4, 0.5) is 4.79 Å². The summed E-state index contributed by atoms with van der Waals surface area (Å²) in [5.41, 5.74) is -0.857. The van der Waals surface area contributed by atoms with Gasteiger partial charge in [-0.15, -0.1) is 11.8 Å². The number of urea groups is 1. The highest BCUT2D eigenvalue weighted by molar-refractivity contribution is 9.10. The standard InChI is InChI=1S/C18H23BrN2O4S/c1-18(2)16(23)21(17(24)20(18)3)10-9-12(15(22)25-4)11-26-14-7-5-13(19)6-8-14/h5-8,12H,9-11H2,1-4H3. The third-order valence-corrected chi connectivity index (χ3v) is 6.33. The molecule has 0 bridgehead atoms. The Hall–Kier alpha value is -1.54. The van der Waals surface area contributed by atoms with Gasteiger partial charge < -0.3 is 9.64 Å². The molecule has 142 valence electrons. The Balaban J connectivity index is 2.00. The van der Waals surface area contributed by atoms with Crippen molar-refractivity contribution in [3.05, 3.63) is 28.7 Å². The van der Waals surface area contributed by atoms with Crippen molar-refractivity contribution in [3.63, 3.8) is 0 Å². The molecule has 0 aliphatic carbocycles. The van der Waals surface area contributed by atoms with Gasteiger partial charge in [0, 0.05) is 28.7 Å². The molecule has 0 saturated carbocycles. The number of imide groups is 1. The maximum atomic E-state index is 12.4. The number of thioether (sulfide) groups is 1. The smallest absolute Gasteiger partial charge is 0.327 e. The summed E-state index contributed by atoms with van der Waals surface area (Å²) in [7, 11) is 2.96. The maximum Gasteiger partial charge on any atom is 0.327 e. The molecule has 1 unspecified atom stereocenters. The number of carbonyl (C=O) groups is 3. The molecule has 3 amide bonds. The maximum absolute atomic E-state index is 12.4. The molecule has 2 rings (SSSR count). The monoisotopic (exact) mass is 442 g/mol. The molecule has 26 heavy (non-hydrogen) atoms. The summed E-state index contributed by atoms with van der Waals surface area (Å²) in [6.07, 6.45) is 0.373. The second-order valence-corrected chi connectivity index (χ2v) is 8.64. The zero-order valence-electron chi connectivity index (χ0n) is 15.3. The lowest BCUT2D eigenvalue weighted by Gasteiger charge is -2.22. The number of benzene rings is 1. The second kappa shape index (κ2) is 8.43. The zero-order chi connectivity index (χ0) is 19.5. The van der Waals surface area contributed by atoms with Crippen molar-refractivity contribution in [2.24, 2.45) is 5.92 Å². The zero-order valence-corrected chi connectivity index (χ0v) is 17.7. The van der Waals surface area contributed by atoms with E-state index in [2.05, 4.69) is 15.9 Å². The van der Waals surface area contributed by atoms with Gasteiger partial charge in [0.25, 0.3) is 5.91 Å². The SMILES string of the molecule is COC(=O)C(CCN1C(=O)N(C)C(C)(C)C1=O)CSc1ccc(Br)cc1. The quantitative estimate of drug-likeness (QED) is 0.367. The van der Waals surface area contributed by atoms with E-state index in [4.69, 9.17) is 4.74 Å². The number of nitrogens with zero attached hydrogens (tertiary/aromatic N) is 2. The number of halogens is 1. The Morgan fingerprint density at radius 1 is 1.27 bits per heavy atom. The van der Waals surface area contributed by atoms with E-state index in [1.807, 2.05) is 24.3 Å². The molecular weight excluding hydrogens is 420 g/mol.